The van der Waals surface area contributed by atoms with Crippen LogP contribution in [-0.4, -0.2) is 83.0 Å². The van der Waals surface area contributed by atoms with Crippen molar-refractivity contribution in [3.63, 3.8) is 0 Å². The number of aromatic nitrogens is 3. The molecule has 37 heavy (non-hydrogen) atoms. The second kappa shape index (κ2) is 10.1. The van der Waals surface area contributed by atoms with Crippen LogP contribution in [0.1, 0.15) is 79.1 Å². The second-order valence-electron chi connectivity index (χ2n) is 11.8. The molecule has 0 bridgehead atoms. The molecule has 0 unspecified atom stereocenters. The molecule has 5 fully saturated rings. The number of nitrogens with zero attached hydrogens (tertiary/aromatic N) is 4. The molecular formula is C26H41N5O6. The van der Waals surface area contributed by atoms with Crippen LogP contribution < -0.4 is 15.0 Å². The molecule has 4 aliphatic heterocycles. The summed E-state index contributed by atoms with van der Waals surface area (Å²) in [4.78, 5) is 16.3. The van der Waals surface area contributed by atoms with Crippen molar-refractivity contribution in [3.8, 4) is 6.01 Å². The largest absolute Gasteiger partial charge is 0.460 e. The summed E-state index contributed by atoms with van der Waals surface area (Å²) in [6.07, 6.45) is 7.49. The molecule has 11 heteroatoms. The Morgan fingerprint density at radius 1 is 0.811 bits per heavy atom. The van der Waals surface area contributed by atoms with Crippen LogP contribution in [0.4, 0.5) is 11.9 Å². The van der Waals surface area contributed by atoms with Crippen molar-refractivity contribution < 1.29 is 28.4 Å². The van der Waals surface area contributed by atoms with Gasteiger partial charge in [-0.1, -0.05) is 19.3 Å². The maximum Gasteiger partial charge on any atom is 0.323 e. The zero-order valence-electron chi connectivity index (χ0n) is 22.5. The molecule has 1 N–H and O–H groups in total. The monoisotopic (exact) mass is 519 g/mol. The predicted octanol–water partition coefficient (Wildman–Crippen LogP) is 3.38. The van der Waals surface area contributed by atoms with E-state index in [2.05, 4.69) is 15.2 Å². The van der Waals surface area contributed by atoms with Gasteiger partial charge in [-0.2, -0.15) is 15.0 Å². The van der Waals surface area contributed by atoms with Gasteiger partial charge in [0.05, 0.1) is 0 Å². The average Bonchev–Trinajstić information content (AvgIpc) is 3.37. The normalized spacial score (nSPS) is 35.1. The van der Waals surface area contributed by atoms with Gasteiger partial charge >= 0.3 is 6.01 Å². The Hall–Kier alpha value is -1.79. The summed E-state index contributed by atoms with van der Waals surface area (Å²) >= 11 is 0. The molecule has 5 atom stereocenters. The number of hydrogen-bond donors (Lipinski definition) is 1. The van der Waals surface area contributed by atoms with Gasteiger partial charge in [0.15, 0.2) is 17.9 Å². The fourth-order valence-electron chi connectivity index (χ4n) is 6.12. The topological polar surface area (TPSA) is 109 Å². The number of rotatable bonds is 6. The van der Waals surface area contributed by atoms with Gasteiger partial charge in [0.2, 0.25) is 11.9 Å². The first kappa shape index (κ1) is 25.5. The van der Waals surface area contributed by atoms with Gasteiger partial charge < -0.3 is 38.6 Å². The number of fused-ring (bicyclic) bond motifs is 3. The molecule has 5 aliphatic rings. The van der Waals surface area contributed by atoms with Crippen LogP contribution in [0, 0.1) is 0 Å². The van der Waals surface area contributed by atoms with Crippen LogP contribution in [-0.2, 0) is 23.7 Å². The van der Waals surface area contributed by atoms with Crippen LogP contribution in [0.2, 0.25) is 0 Å². The summed E-state index contributed by atoms with van der Waals surface area (Å²) in [5, 5.41) is 3.54. The third-order valence-corrected chi connectivity index (χ3v) is 7.81. The van der Waals surface area contributed by atoms with E-state index < -0.39 is 24.0 Å². The predicted molar refractivity (Wildman–Crippen MR) is 134 cm³/mol. The molecule has 0 radical (unpaired) electrons. The summed E-state index contributed by atoms with van der Waals surface area (Å²) < 4.78 is 37.1. The van der Waals surface area contributed by atoms with Crippen molar-refractivity contribution in [2.24, 2.45) is 0 Å². The Balaban J connectivity index is 1.20. The standard InChI is InChI=1S/C26H41N5O6/c1-25(2)34-18-17(33-21-20(19(18)35-25)36-26(3,4)37-21)15-32-24-29-22(27-16-11-7-5-8-12-16)28-23(30-24)31-13-9-6-10-14-31/h16-21H,5-15H2,1-4H3,(H,27,28,29,30)/t17-,18+,19+,20-,21-/m1/s1. The lowest BCUT2D eigenvalue weighted by atomic mass is 9.96. The van der Waals surface area contributed by atoms with Crippen molar-refractivity contribution in [2.45, 2.75) is 127 Å². The molecule has 206 valence electrons. The number of anilines is 2. The Morgan fingerprint density at radius 3 is 2.27 bits per heavy atom. The SMILES string of the molecule is CC1(C)O[C@H]2[C@@H](O1)[C@@H](COc1nc(NC3CCCCC3)nc(N3CCCCC3)n1)O[C@@H]1OC(C)(C)O[C@@H]12. The van der Waals surface area contributed by atoms with E-state index >= 15 is 0 Å². The molecule has 1 aromatic rings. The Labute approximate surface area is 218 Å². The minimum absolute atomic E-state index is 0.194. The van der Waals surface area contributed by atoms with Crippen LogP contribution in [0.15, 0.2) is 0 Å². The highest BCUT2D eigenvalue weighted by atomic mass is 16.9. The molecule has 1 aromatic heterocycles. The van der Waals surface area contributed by atoms with Crippen LogP contribution >= 0.6 is 0 Å². The molecule has 0 spiro atoms. The van der Waals surface area contributed by atoms with E-state index in [1.165, 1.54) is 25.7 Å². The summed E-state index contributed by atoms with van der Waals surface area (Å²) in [5.74, 6) is -0.270. The van der Waals surface area contributed by atoms with Crippen LogP contribution in [0.5, 0.6) is 6.01 Å². The van der Waals surface area contributed by atoms with E-state index in [1.54, 1.807) is 0 Å². The Morgan fingerprint density at radius 2 is 1.49 bits per heavy atom. The highest BCUT2D eigenvalue weighted by Crippen LogP contribution is 2.44. The molecule has 1 saturated carbocycles. The number of nitrogens with one attached hydrogen (secondary N) is 1. The fourth-order valence-corrected chi connectivity index (χ4v) is 6.12. The zero-order chi connectivity index (χ0) is 25.6. The second-order valence-corrected chi connectivity index (χ2v) is 11.8. The molecule has 6 rings (SSSR count). The van der Waals surface area contributed by atoms with Gasteiger partial charge in [-0.05, 0) is 59.8 Å². The van der Waals surface area contributed by atoms with E-state index in [0.717, 1.165) is 38.8 Å². The summed E-state index contributed by atoms with van der Waals surface area (Å²) in [5.41, 5.74) is 0. The molecule has 11 nitrogen and oxygen atoms in total. The molecule has 0 amide bonds. The van der Waals surface area contributed by atoms with Crippen molar-refractivity contribution >= 4 is 11.9 Å². The third-order valence-electron chi connectivity index (χ3n) is 7.81. The lowest BCUT2D eigenvalue weighted by molar-refractivity contribution is -0.238. The summed E-state index contributed by atoms with van der Waals surface area (Å²) in [7, 11) is 0. The number of hydrogen-bond acceptors (Lipinski definition) is 11. The molecule has 4 saturated heterocycles. The summed E-state index contributed by atoms with van der Waals surface area (Å²) in [6, 6.07) is 0.671. The molecular weight excluding hydrogens is 478 g/mol. The van der Waals surface area contributed by atoms with Crippen LogP contribution in [0.25, 0.3) is 0 Å². The van der Waals surface area contributed by atoms with Crippen molar-refractivity contribution in [3.05, 3.63) is 0 Å². The summed E-state index contributed by atoms with van der Waals surface area (Å²) in [6.45, 7) is 9.64. The van der Waals surface area contributed by atoms with E-state index in [9.17, 15) is 0 Å². The van der Waals surface area contributed by atoms with E-state index in [1.807, 2.05) is 27.7 Å². The van der Waals surface area contributed by atoms with Crippen molar-refractivity contribution in [1.29, 1.82) is 0 Å². The van der Waals surface area contributed by atoms with Gasteiger partial charge in [-0.3, -0.25) is 0 Å². The minimum Gasteiger partial charge on any atom is -0.460 e. The lowest BCUT2D eigenvalue weighted by Crippen LogP contribution is -2.56. The number of piperidine rings is 1. The fraction of sp³-hybridized carbons (Fsp3) is 0.885. The van der Waals surface area contributed by atoms with E-state index in [-0.39, 0.29) is 24.9 Å². The minimum atomic E-state index is -0.761. The van der Waals surface area contributed by atoms with E-state index in [4.69, 9.17) is 38.4 Å². The highest BCUT2D eigenvalue weighted by Gasteiger charge is 2.60. The Kier molecular flexibility index (Phi) is 6.94. The third kappa shape index (κ3) is 5.66. The first-order valence-electron chi connectivity index (χ1n) is 14.0. The van der Waals surface area contributed by atoms with Gasteiger partial charge in [-0.25, -0.2) is 0 Å². The first-order valence-corrected chi connectivity index (χ1v) is 14.0. The Bertz CT molecular complexity index is 951. The maximum atomic E-state index is 6.30. The lowest BCUT2D eigenvalue weighted by Gasteiger charge is -2.36. The highest BCUT2D eigenvalue weighted by molar-refractivity contribution is 5.39. The van der Waals surface area contributed by atoms with Gasteiger partial charge in [0.1, 0.15) is 31.0 Å². The van der Waals surface area contributed by atoms with Gasteiger partial charge in [0.25, 0.3) is 0 Å². The van der Waals surface area contributed by atoms with Gasteiger partial charge in [-0.15, -0.1) is 0 Å². The molecule has 0 aromatic carbocycles. The zero-order valence-corrected chi connectivity index (χ0v) is 22.5. The first-order chi connectivity index (χ1) is 17.7. The van der Waals surface area contributed by atoms with Crippen molar-refractivity contribution in [1.82, 2.24) is 15.0 Å². The average molecular weight is 520 g/mol. The smallest absolute Gasteiger partial charge is 0.323 e. The number of ether oxygens (including phenoxy) is 6. The molecule has 5 heterocycles. The van der Waals surface area contributed by atoms with Crippen molar-refractivity contribution in [2.75, 3.05) is 29.9 Å². The molecule has 1 aliphatic carbocycles. The quantitative estimate of drug-likeness (QED) is 0.597. The van der Waals surface area contributed by atoms with E-state index in [0.29, 0.717) is 23.9 Å². The van der Waals surface area contributed by atoms with Gasteiger partial charge in [0, 0.05) is 19.1 Å². The van der Waals surface area contributed by atoms with Crippen LogP contribution in [0.3, 0.4) is 0 Å². The maximum absolute atomic E-state index is 6.30.